The van der Waals surface area contributed by atoms with Gasteiger partial charge in [0.05, 0.1) is 23.0 Å². The lowest BCUT2D eigenvalue weighted by atomic mass is 10.1. The summed E-state index contributed by atoms with van der Waals surface area (Å²) in [6.45, 7) is -3.03. The van der Waals surface area contributed by atoms with Gasteiger partial charge < -0.3 is 14.6 Å². The first kappa shape index (κ1) is 17.5. The summed E-state index contributed by atoms with van der Waals surface area (Å²) in [5.74, 6) is -0.451. The molecular weight excluding hydrogens is 344 g/mol. The number of benzene rings is 2. The smallest absolute Gasteiger partial charge is 0.387 e. The summed E-state index contributed by atoms with van der Waals surface area (Å²) in [6.07, 6.45) is 0. The number of aromatic nitrogens is 2. The van der Waals surface area contributed by atoms with Gasteiger partial charge in [0.25, 0.3) is 11.5 Å². The van der Waals surface area contributed by atoms with Crippen LogP contribution in [0.15, 0.2) is 53.3 Å². The van der Waals surface area contributed by atoms with Crippen molar-refractivity contribution in [3.8, 4) is 5.75 Å². The van der Waals surface area contributed by atoms with Crippen molar-refractivity contribution in [1.29, 1.82) is 0 Å². The topological polar surface area (TPSA) is 75.3 Å². The molecule has 0 spiro atoms. The van der Waals surface area contributed by atoms with E-state index in [0.717, 1.165) is 0 Å². The molecule has 0 bridgehead atoms. The van der Waals surface area contributed by atoms with Crippen LogP contribution in [0.4, 0.5) is 8.78 Å². The molecule has 26 heavy (non-hydrogen) atoms. The minimum atomic E-state index is -3.03. The fraction of sp³-hybridized carbons (Fsp3) is 0.167. The van der Waals surface area contributed by atoms with Crippen molar-refractivity contribution >= 4 is 16.8 Å². The number of hydrogen-bond donors (Lipinski definition) is 1. The summed E-state index contributed by atoms with van der Waals surface area (Å²) in [4.78, 5) is 32.9. The molecule has 1 heterocycles. The van der Waals surface area contributed by atoms with Gasteiger partial charge in [0.15, 0.2) is 0 Å². The summed E-state index contributed by atoms with van der Waals surface area (Å²) in [6, 6.07) is 12.6. The van der Waals surface area contributed by atoms with E-state index in [1.54, 1.807) is 30.3 Å². The monoisotopic (exact) mass is 359 g/mol. The van der Waals surface area contributed by atoms with Gasteiger partial charge in [-0.3, -0.25) is 9.59 Å². The summed E-state index contributed by atoms with van der Waals surface area (Å²) < 4.78 is 29.4. The average molecular weight is 359 g/mol. The number of para-hydroxylation sites is 2. The zero-order chi connectivity index (χ0) is 18.7. The van der Waals surface area contributed by atoms with Crippen molar-refractivity contribution in [1.82, 2.24) is 14.9 Å². The lowest BCUT2D eigenvalue weighted by Crippen LogP contribution is -2.29. The normalized spacial score (nSPS) is 10.9. The third kappa shape index (κ3) is 3.69. The fourth-order valence-corrected chi connectivity index (χ4v) is 2.55. The molecule has 0 atom stereocenters. The summed E-state index contributed by atoms with van der Waals surface area (Å²) in [7, 11) is 1.48. The molecule has 0 aliphatic carbocycles. The molecule has 0 aliphatic heterocycles. The van der Waals surface area contributed by atoms with Crippen LogP contribution in [0.2, 0.25) is 0 Å². The Bertz CT molecular complexity index is 1000. The van der Waals surface area contributed by atoms with Crippen LogP contribution in [0.25, 0.3) is 10.9 Å². The van der Waals surface area contributed by atoms with E-state index in [1.165, 1.54) is 30.1 Å². The zero-order valence-electron chi connectivity index (χ0n) is 13.8. The molecule has 3 aromatic rings. The number of H-pyrrole nitrogens is 1. The van der Waals surface area contributed by atoms with E-state index in [4.69, 9.17) is 0 Å². The van der Waals surface area contributed by atoms with Gasteiger partial charge in [0.1, 0.15) is 11.6 Å². The third-order valence-corrected chi connectivity index (χ3v) is 3.73. The maximum atomic E-state index is 12.6. The van der Waals surface area contributed by atoms with Crippen LogP contribution in [0.5, 0.6) is 5.75 Å². The number of fused-ring (bicyclic) bond motifs is 1. The largest absolute Gasteiger partial charge is 0.434 e. The first-order valence-electron chi connectivity index (χ1n) is 7.73. The minimum absolute atomic E-state index is 0.00145. The molecule has 134 valence electrons. The van der Waals surface area contributed by atoms with E-state index in [-0.39, 0.29) is 29.2 Å². The molecule has 0 radical (unpaired) electrons. The number of carbonyl (C=O) groups is 1. The van der Waals surface area contributed by atoms with Gasteiger partial charge in [-0.25, -0.2) is 4.98 Å². The second-order valence-corrected chi connectivity index (χ2v) is 5.57. The molecule has 1 amide bonds. The van der Waals surface area contributed by atoms with E-state index in [0.29, 0.717) is 10.9 Å². The summed E-state index contributed by atoms with van der Waals surface area (Å²) in [5, 5.41) is 0.445. The molecule has 0 aliphatic rings. The van der Waals surface area contributed by atoms with Gasteiger partial charge in [0.2, 0.25) is 0 Å². The van der Waals surface area contributed by atoms with E-state index in [9.17, 15) is 18.4 Å². The number of ether oxygens (including phenoxy) is 1. The Morgan fingerprint density at radius 3 is 2.65 bits per heavy atom. The average Bonchev–Trinajstić information content (AvgIpc) is 2.61. The highest BCUT2D eigenvalue weighted by Crippen LogP contribution is 2.22. The van der Waals surface area contributed by atoms with Crippen LogP contribution in [0.3, 0.4) is 0 Å². The van der Waals surface area contributed by atoms with E-state index < -0.39 is 12.5 Å². The van der Waals surface area contributed by atoms with Crippen LogP contribution in [0, 0.1) is 0 Å². The lowest BCUT2D eigenvalue weighted by molar-refractivity contribution is -0.0502. The van der Waals surface area contributed by atoms with Gasteiger partial charge in [-0.1, -0.05) is 24.3 Å². The highest BCUT2D eigenvalue weighted by Gasteiger charge is 2.19. The predicted molar refractivity (Wildman–Crippen MR) is 91.2 cm³/mol. The highest BCUT2D eigenvalue weighted by atomic mass is 19.3. The van der Waals surface area contributed by atoms with E-state index in [2.05, 4.69) is 14.7 Å². The SMILES string of the molecule is CN(Cc1nc2ccccc2c(=O)[nH]1)C(=O)c1ccccc1OC(F)F. The van der Waals surface area contributed by atoms with Crippen molar-refractivity contribution in [2.24, 2.45) is 0 Å². The molecule has 1 aromatic heterocycles. The number of alkyl halides is 2. The van der Waals surface area contributed by atoms with Crippen LogP contribution >= 0.6 is 0 Å². The quantitative estimate of drug-likeness (QED) is 0.760. The van der Waals surface area contributed by atoms with Crippen molar-refractivity contribution in [3.05, 3.63) is 70.3 Å². The number of halogens is 2. The van der Waals surface area contributed by atoms with Crippen LogP contribution in [-0.4, -0.2) is 34.4 Å². The molecule has 3 rings (SSSR count). The van der Waals surface area contributed by atoms with Gasteiger partial charge in [-0.15, -0.1) is 0 Å². The van der Waals surface area contributed by atoms with Crippen molar-refractivity contribution in [3.63, 3.8) is 0 Å². The number of amides is 1. The highest BCUT2D eigenvalue weighted by molar-refractivity contribution is 5.96. The molecule has 8 heteroatoms. The van der Waals surface area contributed by atoms with Gasteiger partial charge >= 0.3 is 6.61 Å². The van der Waals surface area contributed by atoms with Crippen LogP contribution in [-0.2, 0) is 6.54 Å². The third-order valence-electron chi connectivity index (χ3n) is 3.73. The fourth-order valence-electron chi connectivity index (χ4n) is 2.55. The Balaban J connectivity index is 1.85. The molecule has 1 N–H and O–H groups in total. The maximum Gasteiger partial charge on any atom is 0.387 e. The number of rotatable bonds is 5. The Hall–Kier alpha value is -3.29. The van der Waals surface area contributed by atoms with Gasteiger partial charge in [0, 0.05) is 7.05 Å². The standard InChI is InChI=1S/C18H15F2N3O3/c1-23(17(25)12-7-3-5-9-14(12)26-18(19)20)10-15-21-13-8-4-2-6-11(13)16(24)22-15/h2-9,18H,10H2,1H3,(H,21,22,24). The van der Waals surface area contributed by atoms with Crippen molar-refractivity contribution in [2.75, 3.05) is 7.05 Å². The van der Waals surface area contributed by atoms with E-state index in [1.807, 2.05) is 0 Å². The van der Waals surface area contributed by atoms with Crippen molar-refractivity contribution in [2.45, 2.75) is 13.2 Å². The lowest BCUT2D eigenvalue weighted by Gasteiger charge is -2.18. The Morgan fingerprint density at radius 2 is 1.88 bits per heavy atom. The molecule has 0 unspecified atom stereocenters. The molecular formula is C18H15F2N3O3. The first-order valence-corrected chi connectivity index (χ1v) is 7.73. The zero-order valence-corrected chi connectivity index (χ0v) is 13.8. The molecule has 0 saturated heterocycles. The molecule has 0 saturated carbocycles. The second kappa shape index (κ2) is 7.30. The Kier molecular flexibility index (Phi) is 4.92. The summed E-state index contributed by atoms with van der Waals surface area (Å²) >= 11 is 0. The Labute approximate surface area is 147 Å². The number of carbonyl (C=O) groups excluding carboxylic acids is 1. The molecule has 0 fully saturated rings. The maximum absolute atomic E-state index is 12.6. The first-order chi connectivity index (χ1) is 12.5. The van der Waals surface area contributed by atoms with Crippen molar-refractivity contribution < 1.29 is 18.3 Å². The van der Waals surface area contributed by atoms with Gasteiger partial charge in [-0.05, 0) is 24.3 Å². The Morgan fingerprint density at radius 1 is 1.19 bits per heavy atom. The number of hydrogen-bond acceptors (Lipinski definition) is 4. The molecule has 2 aromatic carbocycles. The van der Waals surface area contributed by atoms with Crippen LogP contribution < -0.4 is 10.3 Å². The number of nitrogens with one attached hydrogen (secondary N) is 1. The van der Waals surface area contributed by atoms with Gasteiger partial charge in [-0.2, -0.15) is 8.78 Å². The predicted octanol–water partition coefficient (Wildman–Crippen LogP) is 2.80. The molecule has 6 nitrogen and oxygen atoms in total. The summed E-state index contributed by atoms with van der Waals surface area (Å²) in [5.41, 5.74) is 0.194. The number of nitrogens with zero attached hydrogens (tertiary/aromatic N) is 2. The number of aromatic amines is 1. The van der Waals surface area contributed by atoms with Crippen LogP contribution in [0.1, 0.15) is 16.2 Å². The second-order valence-electron chi connectivity index (χ2n) is 5.57. The minimum Gasteiger partial charge on any atom is -0.434 e. The van der Waals surface area contributed by atoms with E-state index >= 15 is 0 Å².